The van der Waals surface area contributed by atoms with Crippen LogP contribution in [-0.4, -0.2) is 44.3 Å². The molecule has 0 saturated carbocycles. The Bertz CT molecular complexity index is 1250. The van der Waals surface area contributed by atoms with E-state index in [1.807, 2.05) is 30.1 Å². The number of rotatable bonds is 10. The van der Waals surface area contributed by atoms with Crippen molar-refractivity contribution in [2.24, 2.45) is 5.92 Å². The maximum absolute atomic E-state index is 15.0. The van der Waals surface area contributed by atoms with Crippen LogP contribution in [0.15, 0.2) is 40.9 Å². The van der Waals surface area contributed by atoms with Crippen molar-refractivity contribution >= 4 is 27.4 Å². The minimum absolute atomic E-state index is 0.0253. The number of carbonyl (C=O) groups excluding carboxylic acids is 1. The molecule has 0 saturated heterocycles. The summed E-state index contributed by atoms with van der Waals surface area (Å²) in [6, 6.07) is 5.59. The monoisotopic (exact) mass is 508 g/mol. The Balaban J connectivity index is 1.94. The van der Waals surface area contributed by atoms with Crippen LogP contribution in [0.5, 0.6) is 0 Å². The van der Waals surface area contributed by atoms with Crippen LogP contribution in [0.3, 0.4) is 0 Å². The molecule has 0 spiro atoms. The first-order valence-corrected chi connectivity index (χ1v) is 13.1. The highest BCUT2D eigenvalue weighted by molar-refractivity contribution is 7.92. The number of nitrogens with one attached hydrogen (secondary N) is 2. The van der Waals surface area contributed by atoms with E-state index < -0.39 is 21.9 Å². The summed E-state index contributed by atoms with van der Waals surface area (Å²) in [5.74, 6) is 0.614. The molecule has 11 heteroatoms. The van der Waals surface area contributed by atoms with Crippen molar-refractivity contribution in [3.05, 3.63) is 58.7 Å². The van der Waals surface area contributed by atoms with E-state index in [-0.39, 0.29) is 17.4 Å². The summed E-state index contributed by atoms with van der Waals surface area (Å²) < 4.78 is 49.9. The predicted octanol–water partition coefficient (Wildman–Crippen LogP) is 3.94. The molecule has 3 rings (SSSR count). The number of methoxy groups -OCH3 is 1. The van der Waals surface area contributed by atoms with Crippen LogP contribution < -0.4 is 10.0 Å². The first kappa shape index (κ1) is 25.9. The van der Waals surface area contributed by atoms with Gasteiger partial charge < -0.3 is 14.6 Å². The van der Waals surface area contributed by atoms with Crippen LogP contribution in [-0.2, 0) is 27.7 Å². The number of nitrogens with zero attached hydrogens (tertiary/aromatic N) is 2. The number of carbonyl (C=O) groups is 1. The number of hydrogen-bond donors (Lipinski definition) is 2. The zero-order valence-electron chi connectivity index (χ0n) is 19.6. The molecule has 1 aromatic carbocycles. The lowest BCUT2D eigenvalue weighted by molar-refractivity contribution is 0.197. The summed E-state index contributed by atoms with van der Waals surface area (Å²) in [5, 5.41) is 2.43. The van der Waals surface area contributed by atoms with Gasteiger partial charge in [0.2, 0.25) is 0 Å². The minimum atomic E-state index is -4.18. The van der Waals surface area contributed by atoms with Crippen molar-refractivity contribution in [3.8, 4) is 11.1 Å². The molecule has 0 aliphatic carbocycles. The second-order valence-electron chi connectivity index (χ2n) is 8.27. The molecular weight excluding hydrogens is 479 g/mol. The highest BCUT2D eigenvalue weighted by Crippen LogP contribution is 2.37. The number of imidazole rings is 1. The predicted molar refractivity (Wildman–Crippen MR) is 130 cm³/mol. The van der Waals surface area contributed by atoms with Gasteiger partial charge in [0.15, 0.2) is 0 Å². The van der Waals surface area contributed by atoms with E-state index in [9.17, 15) is 13.2 Å². The molecular formula is C23H29FN4O4S2. The number of urea groups is 1. The van der Waals surface area contributed by atoms with E-state index in [1.54, 1.807) is 30.6 Å². The molecule has 0 atom stereocenters. The van der Waals surface area contributed by atoms with Crippen LogP contribution >= 0.6 is 11.3 Å². The maximum atomic E-state index is 15.0. The maximum Gasteiger partial charge on any atom is 0.328 e. The lowest BCUT2D eigenvalue weighted by Crippen LogP contribution is -2.40. The standard InChI is InChI=1S/C23H29FN4O4S2/c1-15(2)11-19-13-20(22(33-19)34(30,31)27-23(29)26-8-10-32-4)17-5-6-18(21(24)12-17)14-28-9-7-25-16(28)3/h5-7,9,12-13,15H,8,10-11,14H2,1-4H3,(H2,26,27,29). The van der Waals surface area contributed by atoms with E-state index in [0.717, 1.165) is 22.0 Å². The fraction of sp³-hybridized carbons (Fsp3) is 0.391. The van der Waals surface area contributed by atoms with E-state index in [1.165, 1.54) is 13.2 Å². The molecule has 8 nitrogen and oxygen atoms in total. The molecule has 3 aromatic rings. The van der Waals surface area contributed by atoms with Gasteiger partial charge in [0.25, 0.3) is 10.0 Å². The van der Waals surface area contributed by atoms with Gasteiger partial charge in [-0.1, -0.05) is 26.0 Å². The zero-order valence-corrected chi connectivity index (χ0v) is 21.2. The van der Waals surface area contributed by atoms with Gasteiger partial charge in [-0.3, -0.25) is 0 Å². The van der Waals surface area contributed by atoms with Gasteiger partial charge >= 0.3 is 6.03 Å². The SMILES string of the molecule is COCCNC(=O)NS(=O)(=O)c1sc(CC(C)C)cc1-c1ccc(Cn2ccnc2C)c(F)c1. The minimum Gasteiger partial charge on any atom is -0.383 e. The Morgan fingerprint density at radius 2 is 2.06 bits per heavy atom. The average Bonchev–Trinajstić information content (AvgIpc) is 3.35. The van der Waals surface area contributed by atoms with Gasteiger partial charge in [0.1, 0.15) is 15.9 Å². The number of aryl methyl sites for hydroxylation is 1. The molecule has 2 aromatic heterocycles. The summed E-state index contributed by atoms with van der Waals surface area (Å²) in [6.45, 7) is 6.62. The average molecular weight is 509 g/mol. The quantitative estimate of drug-likeness (QED) is 0.404. The zero-order chi connectivity index (χ0) is 24.9. The number of benzene rings is 1. The largest absolute Gasteiger partial charge is 0.383 e. The van der Waals surface area contributed by atoms with Crippen LogP contribution in [0.1, 0.15) is 30.1 Å². The fourth-order valence-electron chi connectivity index (χ4n) is 3.40. The van der Waals surface area contributed by atoms with E-state index in [0.29, 0.717) is 35.6 Å². The van der Waals surface area contributed by atoms with Crippen LogP contribution in [0.2, 0.25) is 0 Å². The van der Waals surface area contributed by atoms with Crippen molar-refractivity contribution in [2.45, 2.75) is 37.9 Å². The van der Waals surface area contributed by atoms with Gasteiger partial charge in [-0.2, -0.15) is 0 Å². The first-order valence-electron chi connectivity index (χ1n) is 10.8. The third-order valence-electron chi connectivity index (χ3n) is 5.05. The fourth-order valence-corrected chi connectivity index (χ4v) is 6.27. The van der Waals surface area contributed by atoms with Crippen molar-refractivity contribution < 1.29 is 22.3 Å². The van der Waals surface area contributed by atoms with Crippen molar-refractivity contribution in [3.63, 3.8) is 0 Å². The Hall–Kier alpha value is -2.76. The topological polar surface area (TPSA) is 102 Å². The summed E-state index contributed by atoms with van der Waals surface area (Å²) in [6.07, 6.45) is 4.08. The summed E-state index contributed by atoms with van der Waals surface area (Å²) >= 11 is 1.09. The lowest BCUT2D eigenvalue weighted by Gasteiger charge is -2.11. The van der Waals surface area contributed by atoms with Gasteiger partial charge in [-0.05, 0) is 37.0 Å². The highest BCUT2D eigenvalue weighted by Gasteiger charge is 2.26. The molecule has 0 bridgehead atoms. The van der Waals surface area contributed by atoms with Crippen LogP contribution in [0.25, 0.3) is 11.1 Å². The van der Waals surface area contributed by atoms with Gasteiger partial charge in [-0.15, -0.1) is 11.3 Å². The molecule has 2 heterocycles. The molecule has 0 fully saturated rings. The van der Waals surface area contributed by atoms with Crippen molar-refractivity contribution in [2.75, 3.05) is 20.3 Å². The molecule has 34 heavy (non-hydrogen) atoms. The Kier molecular flexibility index (Phi) is 8.45. The van der Waals surface area contributed by atoms with Gasteiger partial charge in [0, 0.05) is 42.1 Å². The molecule has 0 radical (unpaired) electrons. The molecule has 0 aliphatic heterocycles. The van der Waals surface area contributed by atoms with Crippen molar-refractivity contribution in [1.29, 1.82) is 0 Å². The molecule has 0 unspecified atom stereocenters. The number of sulfonamides is 1. The van der Waals surface area contributed by atoms with Gasteiger partial charge in [-0.25, -0.2) is 27.3 Å². The number of thiophene rings is 1. The Morgan fingerprint density at radius 1 is 1.29 bits per heavy atom. The van der Waals surface area contributed by atoms with E-state index >= 15 is 4.39 Å². The second kappa shape index (κ2) is 11.1. The summed E-state index contributed by atoms with van der Waals surface area (Å²) in [7, 11) is -2.70. The third-order valence-corrected chi connectivity index (χ3v) is 8.07. The van der Waals surface area contributed by atoms with E-state index in [4.69, 9.17) is 4.74 Å². The van der Waals surface area contributed by atoms with Crippen LogP contribution in [0, 0.1) is 18.7 Å². The second-order valence-corrected chi connectivity index (χ2v) is 11.3. The van der Waals surface area contributed by atoms with E-state index in [2.05, 4.69) is 10.3 Å². The first-order chi connectivity index (χ1) is 16.1. The van der Waals surface area contributed by atoms with Gasteiger partial charge in [0.05, 0.1) is 13.2 Å². The Morgan fingerprint density at radius 3 is 2.68 bits per heavy atom. The number of amides is 2. The number of aromatic nitrogens is 2. The van der Waals surface area contributed by atoms with Crippen molar-refractivity contribution in [1.82, 2.24) is 19.6 Å². The molecule has 2 N–H and O–H groups in total. The third kappa shape index (κ3) is 6.43. The highest BCUT2D eigenvalue weighted by atomic mass is 32.2. The number of ether oxygens (including phenoxy) is 1. The Labute approximate surface area is 203 Å². The smallest absolute Gasteiger partial charge is 0.328 e. The molecule has 2 amide bonds. The normalized spacial score (nSPS) is 11.7. The number of hydrogen-bond acceptors (Lipinski definition) is 6. The van der Waals surface area contributed by atoms with Crippen LogP contribution in [0.4, 0.5) is 9.18 Å². The molecule has 0 aliphatic rings. The number of halogens is 1. The summed E-state index contributed by atoms with van der Waals surface area (Å²) in [5.41, 5.74) is 1.25. The summed E-state index contributed by atoms with van der Waals surface area (Å²) in [4.78, 5) is 17.1. The molecule has 184 valence electrons. The lowest BCUT2D eigenvalue weighted by atomic mass is 10.0.